The number of rotatable bonds is 11. The summed E-state index contributed by atoms with van der Waals surface area (Å²) in [6, 6.07) is 130. The predicted octanol–water partition coefficient (Wildman–Crippen LogP) is 26.9. The smallest absolute Gasteiger partial charge is 0.0547 e. The van der Waals surface area contributed by atoms with Crippen LogP contribution >= 0.6 is 22.7 Å². The topological polar surface area (TPSA) is 16.3 Å². The van der Waals surface area contributed by atoms with E-state index in [1.807, 2.05) is 22.7 Å². The molecule has 16 aromatic carbocycles. The average molecular weight is 1280 g/mol. The Hall–Kier alpha value is -12.3. The van der Waals surface area contributed by atoms with E-state index in [-0.39, 0.29) is 0 Å². The van der Waals surface area contributed by atoms with E-state index in [1.54, 1.807) is 0 Å². The van der Waals surface area contributed by atoms with Crippen LogP contribution in [0.25, 0.3) is 150 Å². The lowest BCUT2D eigenvalue weighted by Crippen LogP contribution is -2.12. The van der Waals surface area contributed by atoms with Crippen molar-refractivity contribution in [2.24, 2.45) is 0 Å². The fraction of sp³-hybridized carbons (Fsp3) is 0. The molecule has 20 aromatic rings. The van der Waals surface area contributed by atoms with E-state index in [2.05, 4.69) is 371 Å². The second-order valence-corrected chi connectivity index (χ2v) is 27.7. The summed E-state index contributed by atoms with van der Waals surface area (Å²) in [5, 5.41) is 14.8. The molecule has 4 nitrogen and oxygen atoms in total. The summed E-state index contributed by atoms with van der Waals surface area (Å²) < 4.78 is 9.99. The monoisotopic (exact) mass is 1280 g/mol. The van der Waals surface area contributed by atoms with E-state index in [9.17, 15) is 0 Å². The predicted molar refractivity (Wildman–Crippen MR) is 422 cm³/mol. The normalized spacial score (nSPS) is 11.9. The molecule has 458 valence electrons. The first kappa shape index (κ1) is 56.1. The summed E-state index contributed by atoms with van der Waals surface area (Å²) >= 11 is 3.73. The Kier molecular flexibility index (Phi) is 13.0. The molecule has 20 rings (SSSR count). The van der Waals surface area contributed by atoms with E-state index in [0.29, 0.717) is 0 Å². The van der Waals surface area contributed by atoms with E-state index < -0.39 is 0 Å². The maximum absolute atomic E-state index is 2.47. The Morgan fingerprint density at radius 2 is 0.633 bits per heavy atom. The van der Waals surface area contributed by atoms with Crippen molar-refractivity contribution in [1.82, 2.24) is 9.13 Å². The Morgan fingerprint density at radius 1 is 0.214 bits per heavy atom. The summed E-state index contributed by atoms with van der Waals surface area (Å²) in [6.07, 6.45) is 0. The summed E-state index contributed by atoms with van der Waals surface area (Å²) in [5.41, 5.74) is 20.6. The van der Waals surface area contributed by atoms with Crippen molar-refractivity contribution >= 4 is 162 Å². The molecular weight excluding hydrogens is 1230 g/mol. The Labute approximate surface area is 573 Å². The molecule has 0 aliphatic heterocycles. The number of nitrogens with zero attached hydrogens (tertiary/aromatic N) is 4. The van der Waals surface area contributed by atoms with Gasteiger partial charge in [-0.15, -0.1) is 22.7 Å². The molecule has 0 spiro atoms. The SMILES string of the molecule is c1cc(N(c2ccccc2-c2ccc3c(c2)sc2ccc(-c4cccc5c4c4ccccc4n5-c4ccc(N(c5ccccc5-c5ccc6c(c5)sc5ccccc56)c5cccc6ccccc56)cc4)cc23)c2cccc3ccccc23)cc(-n2c3ccccc3c3ccccc32)c1. The zero-order valence-electron chi connectivity index (χ0n) is 53.1. The quantitative estimate of drug-likeness (QED) is 0.128. The largest absolute Gasteiger partial charge is 0.309 e. The van der Waals surface area contributed by atoms with Crippen LogP contribution in [0.4, 0.5) is 34.1 Å². The van der Waals surface area contributed by atoms with Crippen LogP contribution < -0.4 is 9.80 Å². The standard InChI is InChI=1S/C92H58N4S2/c1-3-27-68-59(21-1)23-17-41-82(68)93(80-36-11-5-29-70(80)62-45-52-76-75-33-10-16-44-88(75)97-90(76)56-62)64-48-50-65(51-49-64)94-86-40-15-9-34-78(86)92-72(35-20-43-87(92)94)61-47-54-89-79(55-61)77-53-46-63(57-91(77)98-89)71-30-6-12-37-81(71)95(83-42-18-24-60-22-2-4-28-69(60)83)66-25-19-26-67(58-66)96-84-38-13-7-31-73(84)74-32-8-14-39-85(74)96/h1-58H. The zero-order valence-corrected chi connectivity index (χ0v) is 54.7. The zero-order chi connectivity index (χ0) is 64.4. The lowest BCUT2D eigenvalue weighted by atomic mass is 9.97. The van der Waals surface area contributed by atoms with Gasteiger partial charge >= 0.3 is 0 Å². The van der Waals surface area contributed by atoms with Gasteiger partial charge in [-0.05, 0) is 154 Å². The molecule has 0 radical (unpaired) electrons. The number of fused-ring (bicyclic) bond motifs is 14. The van der Waals surface area contributed by atoms with Crippen molar-refractivity contribution in [3.8, 4) is 44.8 Å². The average Bonchev–Trinajstić information content (AvgIpc) is 1.54. The molecule has 0 saturated heterocycles. The lowest BCUT2D eigenvalue weighted by Gasteiger charge is -2.29. The van der Waals surface area contributed by atoms with Crippen LogP contribution in [-0.2, 0) is 0 Å². The van der Waals surface area contributed by atoms with Gasteiger partial charge in [-0.3, -0.25) is 0 Å². The molecule has 0 fully saturated rings. The minimum atomic E-state index is 1.08. The number of hydrogen-bond donors (Lipinski definition) is 0. The summed E-state index contributed by atoms with van der Waals surface area (Å²) in [5.74, 6) is 0. The number of hydrogen-bond acceptors (Lipinski definition) is 4. The van der Waals surface area contributed by atoms with Crippen molar-refractivity contribution in [2.75, 3.05) is 9.80 Å². The Bertz CT molecular complexity index is 6540. The minimum absolute atomic E-state index is 1.08. The number of thiophene rings is 2. The van der Waals surface area contributed by atoms with Crippen molar-refractivity contribution in [3.63, 3.8) is 0 Å². The maximum Gasteiger partial charge on any atom is 0.0547 e. The molecular formula is C92H58N4S2. The Morgan fingerprint density at radius 3 is 1.28 bits per heavy atom. The molecule has 0 unspecified atom stereocenters. The summed E-state index contributed by atoms with van der Waals surface area (Å²) in [4.78, 5) is 4.93. The van der Waals surface area contributed by atoms with Crippen molar-refractivity contribution in [2.45, 2.75) is 0 Å². The van der Waals surface area contributed by atoms with Gasteiger partial charge in [-0.2, -0.15) is 0 Å². The molecule has 98 heavy (non-hydrogen) atoms. The molecule has 6 heteroatoms. The van der Waals surface area contributed by atoms with Gasteiger partial charge in [0.15, 0.2) is 0 Å². The third kappa shape index (κ3) is 8.96. The molecule has 4 aromatic heterocycles. The van der Waals surface area contributed by atoms with Gasteiger partial charge < -0.3 is 18.9 Å². The highest BCUT2D eigenvalue weighted by Gasteiger charge is 2.25. The fourth-order valence-corrected chi connectivity index (χ4v) is 18.0. The van der Waals surface area contributed by atoms with Gasteiger partial charge in [0, 0.05) is 107 Å². The third-order valence-electron chi connectivity index (χ3n) is 20.1. The van der Waals surface area contributed by atoms with E-state index in [4.69, 9.17) is 0 Å². The first-order valence-electron chi connectivity index (χ1n) is 33.5. The van der Waals surface area contributed by atoms with Crippen molar-refractivity contribution < 1.29 is 0 Å². The highest BCUT2D eigenvalue weighted by atomic mass is 32.1. The number of aromatic nitrogens is 2. The fourth-order valence-electron chi connectivity index (χ4n) is 15.7. The van der Waals surface area contributed by atoms with Crippen LogP contribution in [-0.4, -0.2) is 9.13 Å². The van der Waals surface area contributed by atoms with Crippen LogP contribution in [0, 0.1) is 0 Å². The Balaban J connectivity index is 0.679. The molecule has 0 N–H and O–H groups in total. The van der Waals surface area contributed by atoms with Crippen molar-refractivity contribution in [1.29, 1.82) is 0 Å². The molecule has 0 aliphatic rings. The van der Waals surface area contributed by atoms with Gasteiger partial charge in [0.1, 0.15) is 0 Å². The van der Waals surface area contributed by atoms with E-state index in [0.717, 1.165) is 51.1 Å². The molecule has 0 bridgehead atoms. The third-order valence-corrected chi connectivity index (χ3v) is 22.3. The van der Waals surface area contributed by atoms with Gasteiger partial charge in [0.25, 0.3) is 0 Å². The second-order valence-electron chi connectivity index (χ2n) is 25.5. The minimum Gasteiger partial charge on any atom is -0.309 e. The van der Waals surface area contributed by atoms with Gasteiger partial charge in [-0.25, -0.2) is 0 Å². The summed E-state index contributed by atoms with van der Waals surface area (Å²) in [7, 11) is 0. The number of para-hydroxylation sites is 5. The molecule has 0 saturated carbocycles. The summed E-state index contributed by atoms with van der Waals surface area (Å²) in [6.45, 7) is 0. The van der Waals surface area contributed by atoms with Gasteiger partial charge in [0.2, 0.25) is 0 Å². The van der Waals surface area contributed by atoms with Crippen LogP contribution in [0.5, 0.6) is 0 Å². The molecule has 0 amide bonds. The number of benzene rings is 16. The van der Waals surface area contributed by atoms with E-state index >= 15 is 0 Å². The van der Waals surface area contributed by atoms with Gasteiger partial charge in [0.05, 0.1) is 44.8 Å². The van der Waals surface area contributed by atoms with Crippen LogP contribution in [0.3, 0.4) is 0 Å². The lowest BCUT2D eigenvalue weighted by molar-refractivity contribution is 1.17. The first-order valence-corrected chi connectivity index (χ1v) is 35.1. The van der Waals surface area contributed by atoms with Crippen molar-refractivity contribution in [3.05, 3.63) is 352 Å². The maximum atomic E-state index is 2.47. The second kappa shape index (κ2) is 22.7. The van der Waals surface area contributed by atoms with Crippen LogP contribution in [0.15, 0.2) is 352 Å². The van der Waals surface area contributed by atoms with Crippen LogP contribution in [0.2, 0.25) is 0 Å². The molecule has 4 heterocycles. The highest BCUT2D eigenvalue weighted by molar-refractivity contribution is 7.26. The highest BCUT2D eigenvalue weighted by Crippen LogP contribution is 2.50. The number of anilines is 6. The molecule has 0 aliphatic carbocycles. The van der Waals surface area contributed by atoms with E-state index in [1.165, 1.54) is 133 Å². The van der Waals surface area contributed by atoms with Crippen LogP contribution in [0.1, 0.15) is 0 Å². The first-order chi connectivity index (χ1) is 48.6. The molecule has 0 atom stereocenters. The van der Waals surface area contributed by atoms with Gasteiger partial charge in [-0.1, -0.05) is 231 Å².